The molecule has 1 heterocycles. The molecule has 1 fully saturated rings. The smallest absolute Gasteiger partial charge is 0.246 e. The van der Waals surface area contributed by atoms with Crippen molar-refractivity contribution in [3.8, 4) is 5.75 Å². The molecule has 2 aromatic rings. The summed E-state index contributed by atoms with van der Waals surface area (Å²) in [6.45, 7) is 1.35. The Morgan fingerprint density at radius 1 is 0.913 bits per heavy atom. The van der Waals surface area contributed by atoms with Gasteiger partial charge in [-0.25, -0.2) is 12.8 Å². The Kier molecular flexibility index (Phi) is 4.23. The highest BCUT2D eigenvalue weighted by atomic mass is 32.2. The van der Waals surface area contributed by atoms with Crippen molar-refractivity contribution in [2.45, 2.75) is 4.90 Å². The van der Waals surface area contributed by atoms with E-state index in [0.29, 0.717) is 18.8 Å². The van der Waals surface area contributed by atoms with Gasteiger partial charge in [-0.15, -0.1) is 0 Å². The number of nitrogens with zero attached hydrogens (tertiary/aromatic N) is 2. The third-order valence-corrected chi connectivity index (χ3v) is 5.85. The van der Waals surface area contributed by atoms with Crippen molar-refractivity contribution in [1.82, 2.24) is 4.31 Å². The monoisotopic (exact) mass is 336 g/mol. The first kappa shape index (κ1) is 15.8. The quantitative estimate of drug-likeness (QED) is 0.932. The maximum atomic E-state index is 13.8. The fourth-order valence-corrected chi connectivity index (χ4v) is 4.18. The number of anilines is 1. The molecule has 0 unspecified atom stereocenters. The van der Waals surface area contributed by atoms with Crippen LogP contribution >= 0.6 is 0 Å². The SMILES string of the molecule is O=S(=O)(c1ccccc1F)N1CCN(c2ccccc2O)CC1. The van der Waals surface area contributed by atoms with Gasteiger partial charge in [-0.05, 0) is 24.3 Å². The molecule has 2 aromatic carbocycles. The van der Waals surface area contributed by atoms with Crippen molar-refractivity contribution < 1.29 is 17.9 Å². The minimum absolute atomic E-state index is 0.165. The fraction of sp³-hybridized carbons (Fsp3) is 0.250. The number of halogens is 1. The summed E-state index contributed by atoms with van der Waals surface area (Å²) in [5.41, 5.74) is 0.676. The predicted octanol–water partition coefficient (Wildman–Crippen LogP) is 2.04. The second-order valence-electron chi connectivity index (χ2n) is 5.31. The molecule has 0 spiro atoms. The highest BCUT2D eigenvalue weighted by Gasteiger charge is 2.30. The summed E-state index contributed by atoms with van der Waals surface area (Å²) in [6, 6.07) is 12.3. The van der Waals surface area contributed by atoms with E-state index >= 15 is 0 Å². The predicted molar refractivity (Wildman–Crippen MR) is 85.5 cm³/mol. The van der Waals surface area contributed by atoms with Gasteiger partial charge in [0.2, 0.25) is 10.0 Å². The minimum Gasteiger partial charge on any atom is -0.506 e. The zero-order valence-corrected chi connectivity index (χ0v) is 13.2. The molecule has 0 aliphatic carbocycles. The Morgan fingerprint density at radius 2 is 1.52 bits per heavy atom. The minimum atomic E-state index is -3.84. The van der Waals surface area contributed by atoms with Crippen LogP contribution in [0.4, 0.5) is 10.1 Å². The van der Waals surface area contributed by atoms with Gasteiger partial charge < -0.3 is 10.0 Å². The highest BCUT2D eigenvalue weighted by molar-refractivity contribution is 7.89. The molecule has 0 saturated carbocycles. The van der Waals surface area contributed by atoms with E-state index in [1.54, 1.807) is 18.2 Å². The highest BCUT2D eigenvalue weighted by Crippen LogP contribution is 2.28. The topological polar surface area (TPSA) is 60.9 Å². The largest absolute Gasteiger partial charge is 0.506 e. The molecule has 0 atom stereocenters. The summed E-state index contributed by atoms with van der Waals surface area (Å²) in [5, 5.41) is 9.88. The lowest BCUT2D eigenvalue weighted by molar-refractivity contribution is 0.380. The lowest BCUT2D eigenvalue weighted by atomic mass is 10.2. The van der Waals surface area contributed by atoms with Crippen LogP contribution in [0.25, 0.3) is 0 Å². The van der Waals surface area contributed by atoms with Crippen LogP contribution in [0.3, 0.4) is 0 Å². The molecule has 3 rings (SSSR count). The molecule has 23 heavy (non-hydrogen) atoms. The first-order valence-electron chi connectivity index (χ1n) is 7.28. The Morgan fingerprint density at radius 3 is 2.17 bits per heavy atom. The maximum absolute atomic E-state index is 13.8. The Bertz CT molecular complexity index is 802. The third kappa shape index (κ3) is 3.02. The van der Waals surface area contributed by atoms with Gasteiger partial charge in [0.25, 0.3) is 0 Å². The van der Waals surface area contributed by atoms with E-state index in [-0.39, 0.29) is 23.7 Å². The summed E-state index contributed by atoms with van der Waals surface area (Å²) in [6.07, 6.45) is 0. The molecule has 0 bridgehead atoms. The number of sulfonamides is 1. The molecule has 1 saturated heterocycles. The summed E-state index contributed by atoms with van der Waals surface area (Å²) >= 11 is 0. The van der Waals surface area contributed by atoms with Crippen LogP contribution in [-0.4, -0.2) is 44.0 Å². The van der Waals surface area contributed by atoms with E-state index < -0.39 is 15.8 Å². The Hall–Kier alpha value is -2.12. The maximum Gasteiger partial charge on any atom is 0.246 e. The number of rotatable bonds is 3. The fourth-order valence-electron chi connectivity index (χ4n) is 2.69. The van der Waals surface area contributed by atoms with E-state index in [0.717, 1.165) is 6.07 Å². The molecule has 0 radical (unpaired) electrons. The molecule has 122 valence electrons. The van der Waals surface area contributed by atoms with E-state index in [1.807, 2.05) is 11.0 Å². The van der Waals surface area contributed by atoms with Crippen molar-refractivity contribution in [2.75, 3.05) is 31.1 Å². The van der Waals surface area contributed by atoms with Crippen molar-refractivity contribution in [1.29, 1.82) is 0 Å². The van der Waals surface area contributed by atoms with Crippen LogP contribution in [0.2, 0.25) is 0 Å². The molecule has 7 heteroatoms. The zero-order chi connectivity index (χ0) is 16.4. The van der Waals surface area contributed by atoms with Gasteiger partial charge in [-0.1, -0.05) is 24.3 Å². The molecule has 1 N–H and O–H groups in total. The van der Waals surface area contributed by atoms with Crippen molar-refractivity contribution in [2.24, 2.45) is 0 Å². The number of hydrogen-bond acceptors (Lipinski definition) is 4. The Labute approximate surface area is 134 Å². The third-order valence-electron chi connectivity index (χ3n) is 3.92. The molecule has 1 aliphatic heterocycles. The normalized spacial score (nSPS) is 16.5. The molecule has 0 amide bonds. The molecule has 5 nitrogen and oxygen atoms in total. The van der Waals surface area contributed by atoms with Crippen LogP contribution in [0.5, 0.6) is 5.75 Å². The van der Waals surface area contributed by atoms with Crippen LogP contribution in [0.15, 0.2) is 53.4 Å². The van der Waals surface area contributed by atoms with Crippen molar-refractivity contribution in [3.05, 3.63) is 54.3 Å². The summed E-state index contributed by atoms with van der Waals surface area (Å²) < 4.78 is 40.1. The summed E-state index contributed by atoms with van der Waals surface area (Å²) in [4.78, 5) is 1.62. The first-order chi connectivity index (χ1) is 11.0. The zero-order valence-electron chi connectivity index (χ0n) is 12.4. The molecule has 1 aliphatic rings. The second kappa shape index (κ2) is 6.17. The van der Waals surface area contributed by atoms with Crippen LogP contribution in [0, 0.1) is 5.82 Å². The number of aromatic hydroxyl groups is 1. The average molecular weight is 336 g/mol. The first-order valence-corrected chi connectivity index (χ1v) is 8.72. The van der Waals surface area contributed by atoms with Gasteiger partial charge in [0.15, 0.2) is 0 Å². The standard InChI is InChI=1S/C16H17FN2O3S/c17-13-5-1-4-8-16(13)23(21,22)19-11-9-18(10-12-19)14-6-2-3-7-15(14)20/h1-8,20H,9-12H2. The Balaban J connectivity index is 1.77. The van der Waals surface area contributed by atoms with Gasteiger partial charge >= 0.3 is 0 Å². The molecule has 0 aromatic heterocycles. The van der Waals surface area contributed by atoms with Crippen molar-refractivity contribution in [3.63, 3.8) is 0 Å². The van der Waals surface area contributed by atoms with Crippen LogP contribution in [-0.2, 0) is 10.0 Å². The molecular weight excluding hydrogens is 319 g/mol. The van der Waals surface area contributed by atoms with Crippen molar-refractivity contribution >= 4 is 15.7 Å². The number of benzene rings is 2. The number of phenolic OH excluding ortho intramolecular Hbond substituents is 1. The van der Waals surface area contributed by atoms with Gasteiger partial charge in [0, 0.05) is 26.2 Å². The van der Waals surface area contributed by atoms with Gasteiger partial charge in [0.1, 0.15) is 16.5 Å². The second-order valence-corrected chi connectivity index (χ2v) is 7.22. The summed E-state index contributed by atoms with van der Waals surface area (Å²) in [5.74, 6) is -0.575. The van der Waals surface area contributed by atoms with E-state index in [4.69, 9.17) is 0 Å². The van der Waals surface area contributed by atoms with Crippen LogP contribution in [0.1, 0.15) is 0 Å². The van der Waals surface area contributed by atoms with E-state index in [9.17, 15) is 17.9 Å². The lowest BCUT2D eigenvalue weighted by Crippen LogP contribution is -2.48. The number of phenols is 1. The number of piperazine rings is 1. The molecular formula is C16H17FN2O3S. The lowest BCUT2D eigenvalue weighted by Gasteiger charge is -2.35. The average Bonchev–Trinajstić information content (AvgIpc) is 2.56. The number of para-hydroxylation sites is 2. The van der Waals surface area contributed by atoms with Crippen LogP contribution < -0.4 is 4.90 Å². The number of hydrogen-bond donors (Lipinski definition) is 1. The van der Waals surface area contributed by atoms with Gasteiger partial charge in [-0.3, -0.25) is 0 Å². The summed E-state index contributed by atoms with van der Waals surface area (Å²) in [7, 11) is -3.84. The van der Waals surface area contributed by atoms with Gasteiger partial charge in [0.05, 0.1) is 5.69 Å². The van der Waals surface area contributed by atoms with Gasteiger partial charge in [-0.2, -0.15) is 4.31 Å². The van der Waals surface area contributed by atoms with E-state index in [2.05, 4.69) is 0 Å². The van der Waals surface area contributed by atoms with E-state index in [1.165, 1.54) is 22.5 Å².